The number of aliphatic hydroxyl groups is 1. The van der Waals surface area contributed by atoms with Gasteiger partial charge < -0.3 is 15.6 Å². The van der Waals surface area contributed by atoms with Crippen LogP contribution < -0.4 is 5.73 Å². The zero-order valence-electron chi connectivity index (χ0n) is 10.2. The summed E-state index contributed by atoms with van der Waals surface area (Å²) in [7, 11) is 0. The van der Waals surface area contributed by atoms with Crippen LogP contribution in [0.3, 0.4) is 0 Å². The average molecular weight is 259 g/mol. The summed E-state index contributed by atoms with van der Waals surface area (Å²) in [4.78, 5) is 3.91. The quantitative estimate of drug-likeness (QED) is 0.797. The molecule has 98 valence electrons. The number of ether oxygens (including phenoxy) is 1. The Morgan fingerprint density at radius 2 is 2.47 bits per heavy atom. The smallest absolute Gasteiger partial charge is 0.196 e. The van der Waals surface area contributed by atoms with E-state index in [9.17, 15) is 5.26 Å². The number of aromatic nitrogens is 3. The highest BCUT2D eigenvalue weighted by molar-refractivity contribution is 5.65. The van der Waals surface area contributed by atoms with Crippen LogP contribution >= 0.6 is 0 Å². The van der Waals surface area contributed by atoms with Gasteiger partial charge in [0.1, 0.15) is 17.9 Å². The summed E-state index contributed by atoms with van der Waals surface area (Å²) in [6.07, 6.45) is 2.18. The fourth-order valence-electron chi connectivity index (χ4n) is 2.48. The van der Waals surface area contributed by atoms with Gasteiger partial charge in [0.15, 0.2) is 11.4 Å². The number of anilines is 1. The number of nitrogen functional groups attached to an aromatic ring is 1. The van der Waals surface area contributed by atoms with Gasteiger partial charge in [-0.15, -0.1) is 0 Å². The lowest BCUT2D eigenvalue weighted by Crippen LogP contribution is -2.27. The molecule has 3 rings (SSSR count). The van der Waals surface area contributed by atoms with Gasteiger partial charge in [-0.2, -0.15) is 10.4 Å². The van der Waals surface area contributed by atoms with Crippen LogP contribution in [0.25, 0.3) is 5.52 Å². The molecular weight excluding hydrogens is 246 g/mol. The van der Waals surface area contributed by atoms with Crippen LogP contribution in [0.5, 0.6) is 0 Å². The maximum Gasteiger partial charge on any atom is 0.196 e. The predicted molar refractivity (Wildman–Crippen MR) is 65.9 cm³/mol. The molecule has 3 heterocycles. The molecule has 1 saturated heterocycles. The van der Waals surface area contributed by atoms with Crippen molar-refractivity contribution in [3.8, 4) is 6.07 Å². The number of nitrogens with two attached hydrogens (primary N) is 1. The molecule has 1 fully saturated rings. The van der Waals surface area contributed by atoms with Gasteiger partial charge >= 0.3 is 0 Å². The second-order valence-corrected chi connectivity index (χ2v) is 4.56. The van der Waals surface area contributed by atoms with Gasteiger partial charge in [0.05, 0.1) is 18.4 Å². The Bertz CT molecular complexity index is 662. The number of fused-ring (bicyclic) bond motifs is 1. The Morgan fingerprint density at radius 1 is 1.63 bits per heavy atom. The van der Waals surface area contributed by atoms with E-state index in [4.69, 9.17) is 15.6 Å². The fraction of sp³-hybridized carbons (Fsp3) is 0.417. The monoisotopic (exact) mass is 259 g/mol. The van der Waals surface area contributed by atoms with E-state index in [0.717, 1.165) is 0 Å². The minimum absolute atomic E-state index is 0.0934. The lowest BCUT2D eigenvalue weighted by Gasteiger charge is -2.21. The molecule has 0 spiro atoms. The van der Waals surface area contributed by atoms with Crippen molar-refractivity contribution in [3.63, 3.8) is 0 Å². The molecule has 3 N–H and O–H groups in total. The fourth-order valence-corrected chi connectivity index (χ4v) is 2.48. The minimum atomic E-state index is -1.08. The second-order valence-electron chi connectivity index (χ2n) is 4.56. The number of hydrogen-bond donors (Lipinski definition) is 2. The van der Waals surface area contributed by atoms with Crippen LogP contribution in [0.4, 0.5) is 5.82 Å². The first-order valence-corrected chi connectivity index (χ1v) is 5.99. The molecule has 1 aliphatic heterocycles. The first kappa shape index (κ1) is 11.9. The molecule has 1 aliphatic rings. The summed E-state index contributed by atoms with van der Waals surface area (Å²) in [6.45, 7) is -0.0934. The molecule has 0 amide bonds. The number of nitrogens with zero attached hydrogens (tertiary/aromatic N) is 4. The van der Waals surface area contributed by atoms with Gasteiger partial charge in [-0.3, -0.25) is 0 Å². The number of aliphatic hydroxyl groups excluding tert-OH is 1. The summed E-state index contributed by atoms with van der Waals surface area (Å²) < 4.78 is 7.28. The van der Waals surface area contributed by atoms with E-state index in [1.54, 1.807) is 16.6 Å². The first-order valence-electron chi connectivity index (χ1n) is 5.99. The van der Waals surface area contributed by atoms with E-state index < -0.39 is 5.60 Å². The van der Waals surface area contributed by atoms with Crippen molar-refractivity contribution in [2.24, 2.45) is 0 Å². The van der Waals surface area contributed by atoms with Crippen LogP contribution in [0.2, 0.25) is 0 Å². The summed E-state index contributed by atoms with van der Waals surface area (Å²) in [5.41, 5.74) is 5.95. The van der Waals surface area contributed by atoms with Crippen LogP contribution in [0.15, 0.2) is 18.5 Å². The molecule has 2 aromatic rings. The van der Waals surface area contributed by atoms with Gasteiger partial charge in [0.2, 0.25) is 0 Å². The van der Waals surface area contributed by atoms with Crippen molar-refractivity contribution in [1.82, 2.24) is 14.6 Å². The summed E-state index contributed by atoms with van der Waals surface area (Å²) >= 11 is 0. The molecule has 2 aromatic heterocycles. The number of nitriles is 1. The van der Waals surface area contributed by atoms with E-state index >= 15 is 0 Å². The van der Waals surface area contributed by atoms with Crippen molar-refractivity contribution in [2.45, 2.75) is 24.5 Å². The van der Waals surface area contributed by atoms with Crippen LogP contribution in [-0.4, -0.2) is 32.4 Å². The third kappa shape index (κ3) is 1.65. The average Bonchev–Trinajstić information content (AvgIpc) is 3.03. The first-order chi connectivity index (χ1) is 9.20. The Labute approximate surface area is 109 Å². The third-order valence-corrected chi connectivity index (χ3v) is 3.47. The van der Waals surface area contributed by atoms with Gasteiger partial charge in [-0.1, -0.05) is 0 Å². The van der Waals surface area contributed by atoms with E-state index in [0.29, 0.717) is 29.9 Å². The summed E-state index contributed by atoms with van der Waals surface area (Å²) in [5.74, 6) is 0.353. The van der Waals surface area contributed by atoms with Crippen molar-refractivity contribution >= 4 is 11.3 Å². The SMILES string of the molecule is N#C[C@]1(c2ccc3c(N)ncnn23)CCC(CO)O1. The second kappa shape index (κ2) is 4.19. The Balaban J connectivity index is 2.14. The maximum absolute atomic E-state index is 9.49. The summed E-state index contributed by atoms with van der Waals surface area (Å²) in [5, 5.41) is 22.8. The lowest BCUT2D eigenvalue weighted by atomic mass is 9.98. The molecule has 0 aliphatic carbocycles. The topological polar surface area (TPSA) is 109 Å². The zero-order valence-corrected chi connectivity index (χ0v) is 10.2. The van der Waals surface area contributed by atoms with Crippen LogP contribution in [0.1, 0.15) is 18.5 Å². The van der Waals surface area contributed by atoms with Crippen molar-refractivity contribution in [2.75, 3.05) is 12.3 Å². The largest absolute Gasteiger partial charge is 0.394 e. The van der Waals surface area contributed by atoms with Crippen molar-refractivity contribution in [3.05, 3.63) is 24.2 Å². The molecule has 0 bridgehead atoms. The lowest BCUT2D eigenvalue weighted by molar-refractivity contribution is -0.0324. The van der Waals surface area contributed by atoms with Gasteiger partial charge in [0, 0.05) is 0 Å². The third-order valence-electron chi connectivity index (χ3n) is 3.47. The molecular formula is C12H13N5O2. The molecule has 0 radical (unpaired) electrons. The molecule has 2 atom stereocenters. The van der Waals surface area contributed by atoms with Crippen molar-refractivity contribution in [1.29, 1.82) is 5.26 Å². The normalized spacial score (nSPS) is 26.6. The molecule has 7 heteroatoms. The van der Waals surface area contributed by atoms with E-state index in [1.807, 2.05) is 0 Å². The minimum Gasteiger partial charge on any atom is -0.394 e. The zero-order chi connectivity index (χ0) is 13.5. The number of rotatable bonds is 2. The Morgan fingerprint density at radius 3 is 3.16 bits per heavy atom. The van der Waals surface area contributed by atoms with E-state index in [2.05, 4.69) is 16.2 Å². The van der Waals surface area contributed by atoms with Crippen molar-refractivity contribution < 1.29 is 9.84 Å². The standard InChI is InChI=1S/C12H13N5O2/c13-6-12(4-3-8(5-18)19-12)10-2-1-9-11(14)15-7-16-17(9)10/h1-2,7-8,18H,3-5H2,(H2,14,15,16)/t8?,12-/m0/s1. The molecule has 19 heavy (non-hydrogen) atoms. The Hall–Kier alpha value is -2.17. The molecule has 7 nitrogen and oxygen atoms in total. The van der Waals surface area contributed by atoms with Crippen LogP contribution in [0, 0.1) is 11.3 Å². The van der Waals surface area contributed by atoms with Crippen LogP contribution in [-0.2, 0) is 10.3 Å². The molecule has 0 aromatic carbocycles. The highest BCUT2D eigenvalue weighted by Crippen LogP contribution is 2.39. The highest BCUT2D eigenvalue weighted by atomic mass is 16.5. The Kier molecular flexibility index (Phi) is 2.62. The predicted octanol–water partition coefficient (Wildman–Crippen LogP) is 0.202. The molecule has 0 saturated carbocycles. The van der Waals surface area contributed by atoms with Gasteiger partial charge in [-0.05, 0) is 25.0 Å². The van der Waals surface area contributed by atoms with Gasteiger partial charge in [0.25, 0.3) is 0 Å². The number of hydrogen-bond acceptors (Lipinski definition) is 6. The highest BCUT2D eigenvalue weighted by Gasteiger charge is 2.44. The molecule has 1 unspecified atom stereocenters. The van der Waals surface area contributed by atoms with Gasteiger partial charge in [-0.25, -0.2) is 9.50 Å². The maximum atomic E-state index is 9.49. The summed E-state index contributed by atoms with van der Waals surface area (Å²) in [6, 6.07) is 5.73. The van der Waals surface area contributed by atoms with E-state index in [1.165, 1.54) is 6.33 Å². The van der Waals surface area contributed by atoms with E-state index in [-0.39, 0.29) is 12.7 Å².